The van der Waals surface area contributed by atoms with Gasteiger partial charge in [-0.25, -0.2) is 0 Å². The average Bonchev–Trinajstić information content (AvgIpc) is 3.01. The molecule has 134 valence electrons. The lowest BCUT2D eigenvalue weighted by Crippen LogP contribution is -2.42. The van der Waals surface area contributed by atoms with Crippen molar-refractivity contribution in [1.29, 1.82) is 0 Å². The van der Waals surface area contributed by atoms with E-state index in [-0.39, 0.29) is 30.5 Å². The number of carbonyl (C=O) groups excluding carboxylic acids is 1. The molecule has 1 aromatic carbocycles. The molecule has 1 amide bonds. The van der Waals surface area contributed by atoms with Gasteiger partial charge in [-0.1, -0.05) is 18.2 Å². The number of nitrogens with zero attached hydrogens (tertiary/aromatic N) is 3. The molecule has 2 heterocycles. The van der Waals surface area contributed by atoms with Gasteiger partial charge in [-0.15, -0.1) is 0 Å². The van der Waals surface area contributed by atoms with Crippen molar-refractivity contribution in [2.45, 2.75) is 38.5 Å². The van der Waals surface area contributed by atoms with Crippen molar-refractivity contribution in [2.24, 2.45) is 5.92 Å². The number of pyridine rings is 1. The average molecular weight is 350 g/mol. The molecule has 1 atom stereocenters. The largest absolute Gasteiger partial charge is 0.393 e. The molecule has 1 aliphatic carbocycles. The molecule has 1 saturated carbocycles. The van der Waals surface area contributed by atoms with E-state index in [0.29, 0.717) is 12.8 Å². The van der Waals surface area contributed by atoms with Crippen LogP contribution in [0.4, 0.5) is 0 Å². The molecule has 3 aromatic rings. The number of hydrogen-bond acceptors (Lipinski definition) is 4. The smallest absolute Gasteiger partial charge is 0.242 e. The highest BCUT2D eigenvalue weighted by molar-refractivity contribution is 5.79. The van der Waals surface area contributed by atoms with E-state index < -0.39 is 0 Å². The molecule has 6 nitrogen and oxygen atoms in total. The third-order valence-corrected chi connectivity index (χ3v) is 4.98. The van der Waals surface area contributed by atoms with Crippen LogP contribution in [0.15, 0.2) is 48.9 Å². The Morgan fingerprint density at radius 3 is 2.88 bits per heavy atom. The summed E-state index contributed by atoms with van der Waals surface area (Å²) in [7, 11) is 0. The lowest BCUT2D eigenvalue weighted by Gasteiger charge is -2.38. The van der Waals surface area contributed by atoms with Gasteiger partial charge >= 0.3 is 0 Å². The van der Waals surface area contributed by atoms with Gasteiger partial charge in [0.2, 0.25) is 5.91 Å². The molecule has 2 aromatic heterocycles. The first-order chi connectivity index (χ1) is 12.6. The Kier molecular flexibility index (Phi) is 4.42. The molecule has 1 fully saturated rings. The summed E-state index contributed by atoms with van der Waals surface area (Å²) in [6.45, 7) is 2.13. The summed E-state index contributed by atoms with van der Waals surface area (Å²) in [4.78, 5) is 17.1. The third kappa shape index (κ3) is 3.46. The SMILES string of the molecule is Cc1cnn(CC(=O)NC(c2cnc3ccccc3c2)C2CC(O)C2)c1. The minimum Gasteiger partial charge on any atom is -0.393 e. The highest BCUT2D eigenvalue weighted by atomic mass is 16.3. The van der Waals surface area contributed by atoms with Crippen LogP contribution in [0.2, 0.25) is 0 Å². The highest BCUT2D eigenvalue weighted by Crippen LogP contribution is 2.38. The zero-order valence-electron chi connectivity index (χ0n) is 14.7. The highest BCUT2D eigenvalue weighted by Gasteiger charge is 2.36. The van der Waals surface area contributed by atoms with Gasteiger partial charge < -0.3 is 10.4 Å². The molecule has 1 unspecified atom stereocenters. The lowest BCUT2D eigenvalue weighted by molar-refractivity contribution is -0.123. The van der Waals surface area contributed by atoms with E-state index in [1.165, 1.54) is 0 Å². The van der Waals surface area contributed by atoms with Crippen LogP contribution in [-0.2, 0) is 11.3 Å². The minimum atomic E-state index is -0.276. The molecule has 6 heteroatoms. The fourth-order valence-corrected chi connectivity index (χ4v) is 3.55. The molecular weight excluding hydrogens is 328 g/mol. The monoisotopic (exact) mass is 350 g/mol. The van der Waals surface area contributed by atoms with Gasteiger partial charge in [-0.3, -0.25) is 14.5 Å². The number of aliphatic hydroxyl groups excluding tert-OH is 1. The van der Waals surface area contributed by atoms with Gasteiger partial charge in [0.1, 0.15) is 6.54 Å². The Hall–Kier alpha value is -2.73. The topological polar surface area (TPSA) is 80.0 Å². The fourth-order valence-electron chi connectivity index (χ4n) is 3.55. The van der Waals surface area contributed by atoms with Crippen molar-refractivity contribution in [3.63, 3.8) is 0 Å². The van der Waals surface area contributed by atoms with Crippen molar-refractivity contribution >= 4 is 16.8 Å². The molecule has 4 rings (SSSR count). The summed E-state index contributed by atoms with van der Waals surface area (Å²) in [5.74, 6) is 0.129. The maximum atomic E-state index is 12.5. The van der Waals surface area contributed by atoms with Crippen LogP contribution in [0.5, 0.6) is 0 Å². The number of rotatable bonds is 5. The van der Waals surface area contributed by atoms with Gasteiger partial charge in [0.15, 0.2) is 0 Å². The van der Waals surface area contributed by atoms with E-state index in [2.05, 4.69) is 21.5 Å². The molecule has 0 radical (unpaired) electrons. The van der Waals surface area contributed by atoms with E-state index in [4.69, 9.17) is 0 Å². The number of aryl methyl sites for hydroxylation is 1. The van der Waals surface area contributed by atoms with Crippen molar-refractivity contribution in [2.75, 3.05) is 0 Å². The second-order valence-corrected chi connectivity index (χ2v) is 7.11. The van der Waals surface area contributed by atoms with E-state index in [0.717, 1.165) is 22.0 Å². The molecule has 0 aliphatic heterocycles. The Morgan fingerprint density at radius 2 is 2.15 bits per heavy atom. The zero-order chi connectivity index (χ0) is 18.1. The van der Waals surface area contributed by atoms with Crippen LogP contribution in [0, 0.1) is 12.8 Å². The number of aliphatic hydroxyl groups is 1. The fraction of sp³-hybridized carbons (Fsp3) is 0.350. The van der Waals surface area contributed by atoms with Gasteiger partial charge in [-0.05, 0) is 48.9 Å². The predicted octanol–water partition coefficient (Wildman–Crippen LogP) is 2.37. The quantitative estimate of drug-likeness (QED) is 0.740. The molecule has 1 aliphatic rings. The van der Waals surface area contributed by atoms with Crippen LogP contribution in [0.1, 0.15) is 30.0 Å². The molecule has 0 spiro atoms. The number of amides is 1. The molecule has 26 heavy (non-hydrogen) atoms. The van der Waals surface area contributed by atoms with Crippen LogP contribution in [-0.4, -0.2) is 31.9 Å². The van der Waals surface area contributed by atoms with Gasteiger partial charge in [0.05, 0.1) is 23.9 Å². The first-order valence-corrected chi connectivity index (χ1v) is 8.89. The van der Waals surface area contributed by atoms with Crippen LogP contribution >= 0.6 is 0 Å². The number of hydrogen-bond donors (Lipinski definition) is 2. The van der Waals surface area contributed by atoms with Gasteiger partial charge in [0.25, 0.3) is 0 Å². The summed E-state index contributed by atoms with van der Waals surface area (Å²) >= 11 is 0. The first kappa shape index (κ1) is 16.7. The minimum absolute atomic E-state index is 0.0901. The lowest BCUT2D eigenvalue weighted by atomic mass is 9.75. The van der Waals surface area contributed by atoms with Gasteiger partial charge in [-0.2, -0.15) is 5.10 Å². The third-order valence-electron chi connectivity index (χ3n) is 4.98. The number of carbonyl (C=O) groups is 1. The predicted molar refractivity (Wildman–Crippen MR) is 98.3 cm³/mol. The molecule has 0 bridgehead atoms. The summed E-state index contributed by atoms with van der Waals surface area (Å²) in [5.41, 5.74) is 2.93. The van der Waals surface area contributed by atoms with Gasteiger partial charge in [0, 0.05) is 17.8 Å². The molecule has 0 saturated heterocycles. The maximum Gasteiger partial charge on any atom is 0.242 e. The van der Waals surface area contributed by atoms with E-state index in [1.807, 2.05) is 43.6 Å². The van der Waals surface area contributed by atoms with Crippen LogP contribution < -0.4 is 5.32 Å². The first-order valence-electron chi connectivity index (χ1n) is 8.89. The second kappa shape index (κ2) is 6.88. The normalized spacial score (nSPS) is 20.5. The second-order valence-electron chi connectivity index (χ2n) is 7.11. The summed E-state index contributed by atoms with van der Waals surface area (Å²) < 4.78 is 1.63. The van der Waals surface area contributed by atoms with E-state index in [1.54, 1.807) is 10.9 Å². The number of para-hydroxylation sites is 1. The number of nitrogens with one attached hydrogen (secondary N) is 1. The van der Waals surface area contributed by atoms with Crippen molar-refractivity contribution < 1.29 is 9.90 Å². The standard InChI is InChI=1S/C20H22N4O2/c1-13-9-22-24(11-13)12-19(26)23-20(15-7-17(25)8-15)16-6-14-4-2-3-5-18(14)21-10-16/h2-6,9-11,15,17,20,25H,7-8,12H2,1H3,(H,23,26). The Labute approximate surface area is 151 Å². The number of aromatic nitrogens is 3. The van der Waals surface area contributed by atoms with Crippen LogP contribution in [0.25, 0.3) is 10.9 Å². The summed E-state index contributed by atoms with van der Waals surface area (Å²) in [6.07, 6.45) is 6.52. The molecule has 2 N–H and O–H groups in total. The number of fused-ring (bicyclic) bond motifs is 1. The van der Waals surface area contributed by atoms with Crippen molar-refractivity contribution in [3.8, 4) is 0 Å². The Balaban J connectivity index is 1.56. The molecular formula is C20H22N4O2. The van der Waals surface area contributed by atoms with Crippen molar-refractivity contribution in [3.05, 3.63) is 60.0 Å². The summed E-state index contributed by atoms with van der Waals surface area (Å²) in [5, 5.41) is 18.1. The Morgan fingerprint density at radius 1 is 1.35 bits per heavy atom. The van der Waals surface area contributed by atoms with E-state index in [9.17, 15) is 9.90 Å². The maximum absolute atomic E-state index is 12.5. The summed E-state index contributed by atoms with van der Waals surface area (Å²) in [6, 6.07) is 9.86. The Bertz CT molecular complexity index is 930. The van der Waals surface area contributed by atoms with Crippen LogP contribution in [0.3, 0.4) is 0 Å². The zero-order valence-corrected chi connectivity index (χ0v) is 14.7. The van der Waals surface area contributed by atoms with E-state index >= 15 is 0 Å². The number of benzene rings is 1. The van der Waals surface area contributed by atoms with Crippen molar-refractivity contribution in [1.82, 2.24) is 20.1 Å².